The second-order valence-electron chi connectivity index (χ2n) is 5.78. The van der Waals surface area contributed by atoms with Gasteiger partial charge in [0.15, 0.2) is 0 Å². The first kappa shape index (κ1) is 14.1. The van der Waals surface area contributed by atoms with Crippen LogP contribution in [-0.4, -0.2) is 14.9 Å². The van der Waals surface area contributed by atoms with Gasteiger partial charge in [-0.3, -0.25) is 4.68 Å². The molecule has 1 unspecified atom stereocenters. The summed E-state index contributed by atoms with van der Waals surface area (Å²) in [4.78, 5) is 0. The molecule has 0 spiro atoms. The molecule has 2 rings (SSSR count). The molecule has 1 atom stereocenters. The quantitative estimate of drug-likeness (QED) is 0.914. The molecule has 19 heavy (non-hydrogen) atoms. The average Bonchev–Trinajstić information content (AvgIpc) is 2.67. The fraction of sp³-hybridized carbons (Fsp3) is 0.400. The van der Waals surface area contributed by atoms with Crippen molar-refractivity contribution in [1.82, 2.24) is 9.78 Å². The van der Waals surface area contributed by atoms with Gasteiger partial charge >= 0.3 is 0 Å². The maximum Gasteiger partial charge on any atom is 0.122 e. The highest BCUT2D eigenvalue weighted by molar-refractivity contribution is 6.31. The Bertz CT molecular complexity index is 547. The van der Waals surface area contributed by atoms with Crippen LogP contribution < -0.4 is 0 Å². The molecule has 0 aliphatic heterocycles. The zero-order chi connectivity index (χ0) is 14.2. The van der Waals surface area contributed by atoms with E-state index < -0.39 is 6.10 Å². The van der Waals surface area contributed by atoms with E-state index >= 15 is 0 Å². The monoisotopic (exact) mass is 278 g/mol. The molecule has 0 saturated carbocycles. The molecule has 1 N–H and O–H groups in total. The van der Waals surface area contributed by atoms with Crippen LogP contribution in [0.5, 0.6) is 0 Å². The van der Waals surface area contributed by atoms with Crippen LogP contribution in [0.25, 0.3) is 0 Å². The van der Waals surface area contributed by atoms with Gasteiger partial charge < -0.3 is 5.11 Å². The molecular weight excluding hydrogens is 260 g/mol. The predicted octanol–water partition coefficient (Wildman–Crippen LogP) is 3.45. The Kier molecular flexibility index (Phi) is 3.70. The highest BCUT2D eigenvalue weighted by Crippen LogP contribution is 2.29. The van der Waals surface area contributed by atoms with Crippen LogP contribution >= 0.6 is 11.6 Å². The van der Waals surface area contributed by atoms with E-state index in [2.05, 4.69) is 25.9 Å². The fourth-order valence-corrected chi connectivity index (χ4v) is 2.32. The van der Waals surface area contributed by atoms with E-state index in [4.69, 9.17) is 11.6 Å². The van der Waals surface area contributed by atoms with Crippen LogP contribution in [0.3, 0.4) is 0 Å². The van der Waals surface area contributed by atoms with E-state index in [1.165, 1.54) is 5.56 Å². The summed E-state index contributed by atoms with van der Waals surface area (Å²) < 4.78 is 1.60. The lowest BCUT2D eigenvalue weighted by atomic mass is 9.86. The van der Waals surface area contributed by atoms with Crippen molar-refractivity contribution in [2.75, 3.05) is 0 Å². The molecule has 1 aromatic carbocycles. The zero-order valence-corrected chi connectivity index (χ0v) is 12.4. The number of aliphatic hydroxyl groups excluding tert-OH is 1. The van der Waals surface area contributed by atoms with Gasteiger partial charge in [-0.05, 0) is 16.5 Å². The smallest absolute Gasteiger partial charge is 0.122 e. The minimum absolute atomic E-state index is 0.105. The molecule has 0 radical (unpaired) electrons. The Hall–Kier alpha value is -1.32. The van der Waals surface area contributed by atoms with Crippen molar-refractivity contribution >= 4 is 11.6 Å². The third-order valence-corrected chi connectivity index (χ3v) is 3.58. The van der Waals surface area contributed by atoms with Crippen LogP contribution in [0.1, 0.15) is 43.7 Å². The van der Waals surface area contributed by atoms with Gasteiger partial charge in [0, 0.05) is 7.05 Å². The van der Waals surface area contributed by atoms with Gasteiger partial charge in [-0.15, -0.1) is 0 Å². The highest BCUT2D eigenvalue weighted by Gasteiger charge is 2.19. The first-order chi connectivity index (χ1) is 8.80. The second-order valence-corrected chi connectivity index (χ2v) is 6.18. The first-order valence-electron chi connectivity index (χ1n) is 6.26. The van der Waals surface area contributed by atoms with Gasteiger partial charge in [0.2, 0.25) is 0 Å². The predicted molar refractivity (Wildman–Crippen MR) is 77.4 cm³/mol. The largest absolute Gasteiger partial charge is 0.382 e. The molecule has 1 aromatic heterocycles. The lowest BCUT2D eigenvalue weighted by Gasteiger charge is -2.20. The molecular formula is C15H19ClN2O. The van der Waals surface area contributed by atoms with E-state index in [0.717, 1.165) is 5.56 Å². The Morgan fingerprint density at radius 3 is 2.21 bits per heavy atom. The molecule has 0 bridgehead atoms. The minimum Gasteiger partial charge on any atom is -0.382 e. The summed E-state index contributed by atoms with van der Waals surface area (Å²) in [6.07, 6.45) is 0.790. The molecule has 3 nitrogen and oxygen atoms in total. The second kappa shape index (κ2) is 4.99. The third kappa shape index (κ3) is 2.82. The third-order valence-electron chi connectivity index (χ3n) is 3.29. The molecule has 4 heteroatoms. The van der Waals surface area contributed by atoms with Gasteiger partial charge in [-0.2, -0.15) is 5.10 Å². The summed E-state index contributed by atoms with van der Waals surface area (Å²) in [5, 5.41) is 14.9. The summed E-state index contributed by atoms with van der Waals surface area (Å²) >= 11 is 6.05. The topological polar surface area (TPSA) is 38.0 Å². The van der Waals surface area contributed by atoms with Gasteiger partial charge in [0.1, 0.15) is 6.10 Å². The van der Waals surface area contributed by atoms with Crippen LogP contribution in [0.15, 0.2) is 30.5 Å². The van der Waals surface area contributed by atoms with Crippen molar-refractivity contribution in [3.8, 4) is 0 Å². The number of aromatic nitrogens is 2. The summed E-state index contributed by atoms with van der Waals surface area (Å²) in [7, 11) is 1.77. The van der Waals surface area contributed by atoms with E-state index in [1.807, 2.05) is 24.3 Å². The van der Waals surface area contributed by atoms with E-state index in [1.54, 1.807) is 17.9 Å². The number of aryl methyl sites for hydroxylation is 1. The molecule has 0 aliphatic rings. The Balaban J connectivity index is 2.33. The maximum atomic E-state index is 10.4. The Labute approximate surface area is 118 Å². The van der Waals surface area contributed by atoms with E-state index in [-0.39, 0.29) is 5.41 Å². The number of rotatable bonds is 2. The van der Waals surface area contributed by atoms with Gasteiger partial charge in [-0.25, -0.2) is 0 Å². The lowest BCUT2D eigenvalue weighted by Crippen LogP contribution is -2.12. The summed E-state index contributed by atoms with van der Waals surface area (Å²) in [6, 6.07) is 7.97. The number of benzene rings is 1. The molecule has 0 amide bonds. The normalized spacial score (nSPS) is 13.6. The van der Waals surface area contributed by atoms with Crippen LogP contribution in [0.4, 0.5) is 0 Å². The number of halogens is 1. The van der Waals surface area contributed by atoms with E-state index in [9.17, 15) is 5.11 Å². The average molecular weight is 279 g/mol. The summed E-state index contributed by atoms with van der Waals surface area (Å²) in [5.41, 5.74) is 2.77. The van der Waals surface area contributed by atoms with Crippen molar-refractivity contribution in [2.24, 2.45) is 7.05 Å². The Morgan fingerprint density at radius 2 is 1.79 bits per heavy atom. The number of nitrogens with zero attached hydrogens (tertiary/aromatic N) is 2. The van der Waals surface area contributed by atoms with Crippen molar-refractivity contribution in [2.45, 2.75) is 32.3 Å². The van der Waals surface area contributed by atoms with Crippen molar-refractivity contribution in [3.05, 3.63) is 52.3 Å². The fourth-order valence-electron chi connectivity index (χ4n) is 2.05. The van der Waals surface area contributed by atoms with Gasteiger partial charge in [0.25, 0.3) is 0 Å². The van der Waals surface area contributed by atoms with Crippen molar-refractivity contribution < 1.29 is 5.11 Å². The first-order valence-corrected chi connectivity index (χ1v) is 6.64. The number of hydrogen-bond acceptors (Lipinski definition) is 2. The SMILES string of the molecule is Cn1ncc(Cl)c1C(O)c1ccc(C(C)(C)C)cc1. The van der Waals surface area contributed by atoms with Gasteiger partial charge in [-0.1, -0.05) is 56.6 Å². The number of aliphatic hydroxyl groups is 1. The molecule has 2 aromatic rings. The van der Waals surface area contributed by atoms with Crippen LogP contribution in [0.2, 0.25) is 5.02 Å². The standard InChI is InChI=1S/C15H19ClN2O/c1-15(2,3)11-7-5-10(6-8-11)14(19)13-12(16)9-17-18(13)4/h5-9,14,19H,1-4H3. The maximum absolute atomic E-state index is 10.4. The Morgan fingerprint density at radius 1 is 1.21 bits per heavy atom. The van der Waals surface area contributed by atoms with Crippen LogP contribution in [0, 0.1) is 0 Å². The zero-order valence-electron chi connectivity index (χ0n) is 11.7. The van der Waals surface area contributed by atoms with Crippen molar-refractivity contribution in [3.63, 3.8) is 0 Å². The summed E-state index contributed by atoms with van der Waals surface area (Å²) in [6.45, 7) is 6.49. The van der Waals surface area contributed by atoms with Crippen molar-refractivity contribution in [1.29, 1.82) is 0 Å². The lowest BCUT2D eigenvalue weighted by molar-refractivity contribution is 0.210. The molecule has 1 heterocycles. The van der Waals surface area contributed by atoms with E-state index in [0.29, 0.717) is 10.7 Å². The molecule has 0 fully saturated rings. The highest BCUT2D eigenvalue weighted by atomic mass is 35.5. The van der Waals surface area contributed by atoms with Gasteiger partial charge in [0.05, 0.1) is 16.9 Å². The molecule has 0 aliphatic carbocycles. The summed E-state index contributed by atoms with van der Waals surface area (Å²) in [5.74, 6) is 0. The van der Waals surface area contributed by atoms with Crippen LogP contribution in [-0.2, 0) is 12.5 Å². The molecule has 102 valence electrons. The molecule has 0 saturated heterocycles. The number of hydrogen-bond donors (Lipinski definition) is 1. The minimum atomic E-state index is -0.756.